The Labute approximate surface area is 125 Å². The highest BCUT2D eigenvalue weighted by atomic mass is 35.5. The van der Waals surface area contributed by atoms with Gasteiger partial charge in [0.2, 0.25) is 5.91 Å². The lowest BCUT2D eigenvalue weighted by atomic mass is 10.2. The number of nitrogens with two attached hydrogens (primary N) is 1. The summed E-state index contributed by atoms with van der Waals surface area (Å²) in [6.45, 7) is 1.60. The second-order valence-electron chi connectivity index (χ2n) is 4.27. The van der Waals surface area contributed by atoms with Crippen LogP contribution in [0.5, 0.6) is 0 Å². The number of benzene rings is 1. The van der Waals surface area contributed by atoms with E-state index in [4.69, 9.17) is 17.3 Å². The molecule has 1 atom stereocenters. The summed E-state index contributed by atoms with van der Waals surface area (Å²) in [7, 11) is 1.51. The Bertz CT molecular complexity index is 684. The van der Waals surface area contributed by atoms with E-state index in [9.17, 15) is 9.59 Å². The molecule has 106 valence electrons. The number of nitrogen functional groups attached to an aromatic ring is 1. The maximum atomic E-state index is 12.2. The molecule has 1 aromatic heterocycles. The standard InChI is InChI=1S/C13H14ClN3O2S/c1-6(12(18)16-2)17-13(19)11-10(15)9-7(14)4-3-5-8(9)20-11/h3-6H,15H2,1-2H3,(H,16,18)(H,17,19). The van der Waals surface area contributed by atoms with Crippen LogP contribution in [0.25, 0.3) is 10.1 Å². The number of amides is 2. The number of halogens is 1. The molecular weight excluding hydrogens is 298 g/mol. The Morgan fingerprint density at radius 2 is 2.10 bits per heavy atom. The second-order valence-corrected chi connectivity index (χ2v) is 5.73. The Kier molecular flexibility index (Phi) is 4.15. The van der Waals surface area contributed by atoms with Crippen LogP contribution in [0.1, 0.15) is 16.6 Å². The average Bonchev–Trinajstić information content (AvgIpc) is 2.76. The number of nitrogens with one attached hydrogen (secondary N) is 2. The summed E-state index contributed by atoms with van der Waals surface area (Å²) >= 11 is 7.34. The molecule has 0 aliphatic heterocycles. The van der Waals surface area contributed by atoms with Crippen molar-refractivity contribution >= 4 is 50.5 Å². The number of fused-ring (bicyclic) bond motifs is 1. The van der Waals surface area contributed by atoms with Crippen LogP contribution in [0, 0.1) is 0 Å². The first-order valence-electron chi connectivity index (χ1n) is 5.94. The summed E-state index contributed by atoms with van der Waals surface area (Å²) in [6, 6.07) is 4.74. The number of hydrogen-bond donors (Lipinski definition) is 3. The van der Waals surface area contributed by atoms with Gasteiger partial charge in [-0.05, 0) is 19.1 Å². The minimum absolute atomic E-state index is 0.268. The lowest BCUT2D eigenvalue weighted by molar-refractivity contribution is -0.122. The van der Waals surface area contributed by atoms with Crippen LogP contribution < -0.4 is 16.4 Å². The molecule has 1 aromatic carbocycles. The molecule has 0 radical (unpaired) electrons. The summed E-state index contributed by atoms with van der Waals surface area (Å²) in [5.41, 5.74) is 6.33. The van der Waals surface area contributed by atoms with Gasteiger partial charge in [0.15, 0.2) is 0 Å². The average molecular weight is 312 g/mol. The van der Waals surface area contributed by atoms with E-state index in [-0.39, 0.29) is 11.8 Å². The van der Waals surface area contributed by atoms with Gasteiger partial charge in [0.25, 0.3) is 5.91 Å². The second kappa shape index (κ2) is 5.68. The first kappa shape index (κ1) is 14.6. The van der Waals surface area contributed by atoms with Gasteiger partial charge in [0, 0.05) is 17.1 Å². The monoisotopic (exact) mass is 311 g/mol. The molecule has 2 aromatic rings. The van der Waals surface area contributed by atoms with Crippen molar-refractivity contribution in [1.82, 2.24) is 10.6 Å². The van der Waals surface area contributed by atoms with Crippen molar-refractivity contribution in [2.24, 2.45) is 0 Å². The molecule has 2 rings (SSSR count). The van der Waals surface area contributed by atoms with Crippen LogP contribution in [-0.2, 0) is 4.79 Å². The van der Waals surface area contributed by atoms with Gasteiger partial charge in [-0.15, -0.1) is 11.3 Å². The number of thiophene rings is 1. The fourth-order valence-corrected chi connectivity index (χ4v) is 3.23. The van der Waals surface area contributed by atoms with Crippen LogP contribution in [0.15, 0.2) is 18.2 Å². The largest absolute Gasteiger partial charge is 0.397 e. The molecule has 1 heterocycles. The number of carbonyl (C=O) groups is 2. The normalized spacial score (nSPS) is 12.2. The van der Waals surface area contributed by atoms with E-state index in [2.05, 4.69) is 10.6 Å². The van der Waals surface area contributed by atoms with Gasteiger partial charge < -0.3 is 16.4 Å². The minimum atomic E-state index is -0.632. The molecule has 0 aliphatic carbocycles. The Morgan fingerprint density at radius 3 is 2.70 bits per heavy atom. The van der Waals surface area contributed by atoms with Gasteiger partial charge in [-0.1, -0.05) is 17.7 Å². The van der Waals surface area contributed by atoms with E-state index >= 15 is 0 Å². The van der Waals surface area contributed by atoms with Crippen LogP contribution in [0.2, 0.25) is 5.02 Å². The predicted octanol–water partition coefficient (Wildman–Crippen LogP) is 2.00. The summed E-state index contributed by atoms with van der Waals surface area (Å²) < 4.78 is 0.841. The van der Waals surface area contributed by atoms with Crippen molar-refractivity contribution in [3.8, 4) is 0 Å². The van der Waals surface area contributed by atoms with Crippen LogP contribution in [0.4, 0.5) is 5.69 Å². The summed E-state index contributed by atoms with van der Waals surface area (Å²) in [5, 5.41) is 6.26. The van der Waals surface area contributed by atoms with Crippen molar-refractivity contribution in [3.05, 3.63) is 28.1 Å². The highest BCUT2D eigenvalue weighted by Crippen LogP contribution is 2.37. The highest BCUT2D eigenvalue weighted by molar-refractivity contribution is 7.21. The first-order valence-corrected chi connectivity index (χ1v) is 7.14. The van der Waals surface area contributed by atoms with Gasteiger partial charge in [-0.3, -0.25) is 9.59 Å². The zero-order valence-corrected chi connectivity index (χ0v) is 12.6. The fourth-order valence-electron chi connectivity index (χ4n) is 1.84. The van der Waals surface area contributed by atoms with Gasteiger partial charge in [-0.25, -0.2) is 0 Å². The molecule has 0 fully saturated rings. The molecule has 4 N–H and O–H groups in total. The Morgan fingerprint density at radius 1 is 1.40 bits per heavy atom. The molecule has 0 aliphatic rings. The zero-order chi connectivity index (χ0) is 14.9. The van der Waals surface area contributed by atoms with Crippen molar-refractivity contribution in [2.75, 3.05) is 12.8 Å². The minimum Gasteiger partial charge on any atom is -0.397 e. The Hall–Kier alpha value is -1.79. The summed E-state index contributed by atoms with van der Waals surface area (Å²) in [4.78, 5) is 24.0. The SMILES string of the molecule is CNC(=O)C(C)NC(=O)c1sc2cccc(Cl)c2c1N. The molecule has 0 saturated heterocycles. The third kappa shape index (κ3) is 2.57. The van der Waals surface area contributed by atoms with Crippen LogP contribution in [-0.4, -0.2) is 24.9 Å². The van der Waals surface area contributed by atoms with Crippen molar-refractivity contribution in [2.45, 2.75) is 13.0 Å². The molecule has 2 amide bonds. The number of anilines is 1. The van der Waals surface area contributed by atoms with E-state index in [0.717, 1.165) is 4.70 Å². The topological polar surface area (TPSA) is 84.2 Å². The van der Waals surface area contributed by atoms with Crippen LogP contribution >= 0.6 is 22.9 Å². The van der Waals surface area contributed by atoms with E-state index in [0.29, 0.717) is 21.0 Å². The zero-order valence-electron chi connectivity index (χ0n) is 11.0. The fraction of sp³-hybridized carbons (Fsp3) is 0.231. The Balaban J connectivity index is 2.34. The van der Waals surface area contributed by atoms with Crippen molar-refractivity contribution in [3.63, 3.8) is 0 Å². The lowest BCUT2D eigenvalue weighted by Gasteiger charge is -2.11. The molecule has 0 spiro atoms. The number of carbonyl (C=O) groups excluding carboxylic acids is 2. The summed E-state index contributed by atoms with van der Waals surface area (Å²) in [6.07, 6.45) is 0. The van der Waals surface area contributed by atoms with E-state index in [1.807, 2.05) is 6.07 Å². The lowest BCUT2D eigenvalue weighted by Crippen LogP contribution is -2.43. The maximum Gasteiger partial charge on any atom is 0.264 e. The van der Waals surface area contributed by atoms with E-state index in [1.54, 1.807) is 19.1 Å². The van der Waals surface area contributed by atoms with Gasteiger partial charge in [-0.2, -0.15) is 0 Å². The van der Waals surface area contributed by atoms with E-state index in [1.165, 1.54) is 18.4 Å². The first-order chi connectivity index (χ1) is 9.45. The molecule has 0 bridgehead atoms. The molecule has 5 nitrogen and oxygen atoms in total. The molecule has 1 unspecified atom stereocenters. The third-order valence-electron chi connectivity index (χ3n) is 2.89. The maximum absolute atomic E-state index is 12.2. The number of hydrogen-bond acceptors (Lipinski definition) is 4. The third-order valence-corrected chi connectivity index (χ3v) is 4.38. The molecule has 20 heavy (non-hydrogen) atoms. The molecule has 7 heteroatoms. The van der Waals surface area contributed by atoms with Gasteiger partial charge >= 0.3 is 0 Å². The van der Waals surface area contributed by atoms with Crippen molar-refractivity contribution < 1.29 is 9.59 Å². The molecule has 0 saturated carbocycles. The quantitative estimate of drug-likeness (QED) is 0.810. The summed E-state index contributed by atoms with van der Waals surface area (Å²) in [5.74, 6) is -0.646. The predicted molar refractivity (Wildman–Crippen MR) is 82.2 cm³/mol. The van der Waals surface area contributed by atoms with Crippen molar-refractivity contribution in [1.29, 1.82) is 0 Å². The van der Waals surface area contributed by atoms with Gasteiger partial charge in [0.05, 0.1) is 10.7 Å². The number of likely N-dealkylation sites (N-methyl/N-ethyl adjacent to an activating group) is 1. The van der Waals surface area contributed by atoms with Gasteiger partial charge in [0.1, 0.15) is 10.9 Å². The smallest absolute Gasteiger partial charge is 0.264 e. The number of rotatable bonds is 3. The van der Waals surface area contributed by atoms with E-state index < -0.39 is 6.04 Å². The molecular formula is C13H14ClN3O2S. The highest BCUT2D eigenvalue weighted by Gasteiger charge is 2.21. The van der Waals surface area contributed by atoms with Crippen LogP contribution in [0.3, 0.4) is 0 Å².